The molecule has 0 spiro atoms. The maximum absolute atomic E-state index is 13.9. The van der Waals surface area contributed by atoms with E-state index < -0.39 is 11.6 Å². The minimum absolute atomic E-state index is 0.0775. The normalized spacial score (nSPS) is 13.7. The lowest BCUT2D eigenvalue weighted by molar-refractivity contribution is 0.319. The van der Waals surface area contributed by atoms with Gasteiger partial charge in [0.05, 0.1) is 10.6 Å². The molecule has 1 aliphatic carbocycles. The van der Waals surface area contributed by atoms with Crippen LogP contribution in [-0.2, 0) is 12.8 Å². The van der Waals surface area contributed by atoms with E-state index in [1.165, 1.54) is 23.0 Å². The SMILES string of the molecule is Cc1ccc2c(c1)-c1sc(/C(=N\O)Nc3c(F)cccc3F)nc1CCC2. The van der Waals surface area contributed by atoms with Crippen molar-refractivity contribution < 1.29 is 14.0 Å². The van der Waals surface area contributed by atoms with Gasteiger partial charge in [-0.1, -0.05) is 35.0 Å². The Kier molecular flexibility index (Phi) is 4.61. The first kappa shape index (κ1) is 17.6. The molecule has 27 heavy (non-hydrogen) atoms. The van der Waals surface area contributed by atoms with Crippen LogP contribution in [0.4, 0.5) is 14.5 Å². The summed E-state index contributed by atoms with van der Waals surface area (Å²) in [5, 5.41) is 15.6. The van der Waals surface area contributed by atoms with Gasteiger partial charge in [-0.15, -0.1) is 11.3 Å². The number of nitrogens with zero attached hydrogens (tertiary/aromatic N) is 2. The molecule has 1 heterocycles. The third kappa shape index (κ3) is 3.30. The van der Waals surface area contributed by atoms with E-state index in [4.69, 9.17) is 0 Å². The molecule has 4 rings (SSSR count). The van der Waals surface area contributed by atoms with Gasteiger partial charge in [0.2, 0.25) is 5.84 Å². The summed E-state index contributed by atoms with van der Waals surface area (Å²) in [6.07, 6.45) is 2.74. The minimum Gasteiger partial charge on any atom is -0.409 e. The number of aryl methyl sites for hydroxylation is 3. The fourth-order valence-corrected chi connectivity index (χ4v) is 4.36. The average molecular weight is 385 g/mol. The number of rotatable bonds is 2. The van der Waals surface area contributed by atoms with Crippen LogP contribution in [0.2, 0.25) is 0 Å². The van der Waals surface area contributed by atoms with E-state index in [0.717, 1.165) is 53.1 Å². The molecule has 0 saturated heterocycles. The van der Waals surface area contributed by atoms with Gasteiger partial charge in [0.15, 0.2) is 5.01 Å². The number of benzene rings is 2. The van der Waals surface area contributed by atoms with Gasteiger partial charge in [-0.25, -0.2) is 13.8 Å². The Labute approximate surface area is 159 Å². The fraction of sp³-hybridized carbons (Fsp3) is 0.200. The topological polar surface area (TPSA) is 57.5 Å². The smallest absolute Gasteiger partial charge is 0.206 e. The number of halogens is 2. The van der Waals surface area contributed by atoms with E-state index >= 15 is 0 Å². The van der Waals surface area contributed by atoms with Crippen molar-refractivity contribution in [2.75, 3.05) is 5.32 Å². The number of nitrogens with one attached hydrogen (secondary N) is 1. The lowest BCUT2D eigenvalue weighted by Crippen LogP contribution is -2.15. The summed E-state index contributed by atoms with van der Waals surface area (Å²) < 4.78 is 27.9. The first-order valence-electron chi connectivity index (χ1n) is 8.60. The first-order valence-corrected chi connectivity index (χ1v) is 9.41. The Morgan fingerprint density at radius 3 is 2.70 bits per heavy atom. The van der Waals surface area contributed by atoms with E-state index in [9.17, 15) is 14.0 Å². The molecule has 0 bridgehead atoms. The van der Waals surface area contributed by atoms with Crippen LogP contribution in [-0.4, -0.2) is 16.0 Å². The number of aromatic nitrogens is 1. The summed E-state index contributed by atoms with van der Waals surface area (Å²) in [5.41, 5.74) is 4.08. The first-order chi connectivity index (χ1) is 13.1. The maximum Gasteiger partial charge on any atom is 0.206 e. The van der Waals surface area contributed by atoms with Gasteiger partial charge in [0, 0.05) is 0 Å². The van der Waals surface area contributed by atoms with Crippen molar-refractivity contribution in [2.24, 2.45) is 5.16 Å². The molecule has 0 aliphatic heterocycles. The van der Waals surface area contributed by atoms with Crippen LogP contribution in [0.25, 0.3) is 10.4 Å². The van der Waals surface area contributed by atoms with E-state index in [-0.39, 0.29) is 11.5 Å². The molecule has 1 aliphatic rings. The van der Waals surface area contributed by atoms with Crippen LogP contribution < -0.4 is 5.32 Å². The highest BCUT2D eigenvalue weighted by Crippen LogP contribution is 2.37. The Morgan fingerprint density at radius 2 is 1.96 bits per heavy atom. The molecule has 7 heteroatoms. The van der Waals surface area contributed by atoms with Gasteiger partial charge in [0.1, 0.15) is 17.3 Å². The summed E-state index contributed by atoms with van der Waals surface area (Å²) in [6, 6.07) is 9.90. The van der Waals surface area contributed by atoms with Gasteiger partial charge >= 0.3 is 0 Å². The second kappa shape index (κ2) is 7.08. The molecule has 0 atom stereocenters. The molecule has 0 radical (unpaired) electrons. The summed E-state index contributed by atoms with van der Waals surface area (Å²) in [7, 11) is 0. The Balaban J connectivity index is 1.75. The molecule has 138 valence electrons. The van der Waals surface area contributed by atoms with Crippen molar-refractivity contribution in [1.29, 1.82) is 0 Å². The lowest BCUT2D eigenvalue weighted by Gasteiger charge is -2.08. The molecular weight excluding hydrogens is 368 g/mol. The number of para-hydroxylation sites is 1. The average Bonchev–Trinajstić information content (AvgIpc) is 2.99. The lowest BCUT2D eigenvalue weighted by atomic mass is 10.0. The van der Waals surface area contributed by atoms with Gasteiger partial charge in [-0.3, -0.25) is 0 Å². The van der Waals surface area contributed by atoms with Gasteiger partial charge in [-0.2, -0.15) is 0 Å². The number of hydrogen-bond acceptors (Lipinski definition) is 4. The monoisotopic (exact) mass is 385 g/mol. The Morgan fingerprint density at radius 1 is 1.19 bits per heavy atom. The standard InChI is InChI=1S/C20H17F2N3OS/c1-11-8-9-12-4-2-7-16-18(13(12)10-11)27-20(23-16)19(25-26)24-17-14(21)5-3-6-15(17)22/h3,5-6,8-10,26H,2,4,7H2,1H3,(H,24,25). The van der Waals surface area contributed by atoms with Crippen LogP contribution in [0.15, 0.2) is 41.6 Å². The third-order valence-corrected chi connectivity index (χ3v) is 5.71. The number of hydrogen-bond donors (Lipinski definition) is 2. The van der Waals surface area contributed by atoms with Crippen LogP contribution in [0.1, 0.15) is 28.2 Å². The number of oxime groups is 1. The highest BCUT2D eigenvalue weighted by Gasteiger charge is 2.23. The summed E-state index contributed by atoms with van der Waals surface area (Å²) in [6.45, 7) is 2.04. The molecule has 0 amide bonds. The molecule has 1 aromatic heterocycles. The number of anilines is 1. The second-order valence-electron chi connectivity index (χ2n) is 6.48. The molecule has 3 aromatic rings. The number of thiazole rings is 1. The number of amidine groups is 1. The zero-order valence-corrected chi connectivity index (χ0v) is 15.4. The number of fused-ring (bicyclic) bond motifs is 3. The van der Waals surface area contributed by atoms with Gasteiger partial charge in [0.25, 0.3) is 0 Å². The minimum atomic E-state index is -0.768. The van der Waals surface area contributed by atoms with Crippen LogP contribution in [0.3, 0.4) is 0 Å². The maximum atomic E-state index is 13.9. The second-order valence-corrected chi connectivity index (χ2v) is 7.48. The van der Waals surface area contributed by atoms with E-state index in [1.54, 1.807) is 0 Å². The van der Waals surface area contributed by atoms with E-state index in [0.29, 0.717) is 5.01 Å². The third-order valence-electron chi connectivity index (χ3n) is 4.58. The molecule has 0 saturated carbocycles. The quantitative estimate of drug-likeness (QED) is 0.278. The summed E-state index contributed by atoms with van der Waals surface area (Å²) >= 11 is 1.35. The van der Waals surface area contributed by atoms with Crippen LogP contribution in [0.5, 0.6) is 0 Å². The van der Waals surface area contributed by atoms with Crippen molar-refractivity contribution in [3.05, 3.63) is 69.9 Å². The van der Waals surface area contributed by atoms with Gasteiger partial charge in [-0.05, 0) is 49.4 Å². The predicted molar refractivity (Wildman–Crippen MR) is 103 cm³/mol. The zero-order valence-electron chi connectivity index (χ0n) is 14.6. The molecule has 2 aromatic carbocycles. The predicted octanol–water partition coefficient (Wildman–Crippen LogP) is 5.13. The van der Waals surface area contributed by atoms with Crippen molar-refractivity contribution in [3.8, 4) is 10.4 Å². The van der Waals surface area contributed by atoms with Crippen LogP contribution >= 0.6 is 11.3 Å². The van der Waals surface area contributed by atoms with Crippen molar-refractivity contribution in [3.63, 3.8) is 0 Å². The zero-order chi connectivity index (χ0) is 19.0. The molecule has 2 N–H and O–H groups in total. The fourth-order valence-electron chi connectivity index (χ4n) is 3.26. The van der Waals surface area contributed by atoms with Crippen molar-refractivity contribution in [1.82, 2.24) is 4.98 Å². The van der Waals surface area contributed by atoms with E-state index in [1.807, 2.05) is 6.92 Å². The highest BCUT2D eigenvalue weighted by molar-refractivity contribution is 7.17. The summed E-state index contributed by atoms with van der Waals surface area (Å²) in [4.78, 5) is 5.60. The van der Waals surface area contributed by atoms with E-state index in [2.05, 4.69) is 33.7 Å². The summed E-state index contributed by atoms with van der Waals surface area (Å²) in [5.74, 6) is -1.61. The molecule has 0 fully saturated rings. The van der Waals surface area contributed by atoms with Crippen molar-refractivity contribution >= 4 is 22.9 Å². The van der Waals surface area contributed by atoms with Crippen molar-refractivity contribution in [2.45, 2.75) is 26.2 Å². The Bertz CT molecular complexity index is 1030. The van der Waals surface area contributed by atoms with Gasteiger partial charge < -0.3 is 10.5 Å². The highest BCUT2D eigenvalue weighted by atomic mass is 32.1. The molecule has 0 unspecified atom stereocenters. The van der Waals surface area contributed by atoms with Crippen LogP contribution in [0, 0.1) is 18.6 Å². The molecule has 4 nitrogen and oxygen atoms in total. The largest absolute Gasteiger partial charge is 0.409 e. The molecular formula is C20H17F2N3OS. The Hall–Kier alpha value is -2.80.